The number of ether oxygens (including phenoxy) is 2. The second-order valence-corrected chi connectivity index (χ2v) is 39.9. The molecular weight excluding hydrogens is 1830 g/mol. The first-order chi connectivity index (χ1) is 69.7. The number of amidine groups is 1. The van der Waals surface area contributed by atoms with Crippen molar-refractivity contribution in [1.29, 1.82) is 0 Å². The van der Waals surface area contributed by atoms with Crippen LogP contribution in [0.4, 0.5) is 28.6 Å². The summed E-state index contributed by atoms with van der Waals surface area (Å²) in [6, 6.07) is 95.2. The van der Waals surface area contributed by atoms with Crippen molar-refractivity contribution < 1.29 is 9.47 Å². The fourth-order valence-electron chi connectivity index (χ4n) is 22.4. The van der Waals surface area contributed by atoms with E-state index in [1.807, 2.05) is 141 Å². The molecule has 736 valence electrons. The van der Waals surface area contributed by atoms with E-state index in [0.717, 1.165) is 220 Å². The lowest BCUT2D eigenvalue weighted by Crippen LogP contribution is -2.47. The molecular formula is C116H132Cl3N19O4. The van der Waals surface area contributed by atoms with Gasteiger partial charge in [0.1, 0.15) is 41.3 Å². The Morgan fingerprint density at radius 1 is 0.486 bits per heavy atom. The molecule has 11 aliphatic rings. The van der Waals surface area contributed by atoms with Gasteiger partial charge in [-0.1, -0.05) is 212 Å². The number of aromatic nitrogens is 7. The Kier molecular flexibility index (Phi) is 32.4. The number of benzene rings is 10. The lowest BCUT2D eigenvalue weighted by molar-refractivity contribution is 0.248. The van der Waals surface area contributed by atoms with Crippen molar-refractivity contribution in [2.24, 2.45) is 4.99 Å². The van der Waals surface area contributed by atoms with Gasteiger partial charge in [0.05, 0.1) is 24.2 Å². The highest BCUT2D eigenvalue weighted by Crippen LogP contribution is 2.58. The first kappa shape index (κ1) is 98.4. The molecule has 2 atom stereocenters. The van der Waals surface area contributed by atoms with Gasteiger partial charge < -0.3 is 54.4 Å². The quantitative estimate of drug-likeness (QED) is 0.0730. The first-order valence-electron chi connectivity index (χ1n) is 51.0. The molecule has 2 bridgehead atoms. The predicted molar refractivity (Wildman–Crippen MR) is 578 cm³/mol. The number of rotatable bonds is 19. The average Bonchev–Trinajstić information content (AvgIpc) is 0.960. The normalized spacial score (nSPS) is 18.7. The fourth-order valence-corrected chi connectivity index (χ4v) is 22.9. The number of pyridine rings is 2. The Balaban J connectivity index is 0.000000109. The van der Waals surface area contributed by atoms with Crippen LogP contribution < -0.4 is 51.1 Å². The molecule has 5 fully saturated rings. The summed E-state index contributed by atoms with van der Waals surface area (Å²) in [4.78, 5) is 56.6. The Bertz CT molecular complexity index is 6580. The molecule has 23 nitrogen and oxygen atoms in total. The molecule has 0 radical (unpaired) electrons. The van der Waals surface area contributed by atoms with E-state index in [4.69, 9.17) is 49.3 Å². The summed E-state index contributed by atoms with van der Waals surface area (Å²) in [5.41, 5.74) is 21.6. The van der Waals surface area contributed by atoms with E-state index in [1.165, 1.54) is 81.9 Å². The van der Waals surface area contributed by atoms with E-state index in [2.05, 4.69) is 237 Å². The lowest BCUT2D eigenvalue weighted by Gasteiger charge is -2.50. The number of anilines is 4. The number of nitrogens with zero attached hydrogens (tertiary/aromatic N) is 17. The van der Waals surface area contributed by atoms with Gasteiger partial charge in [-0.3, -0.25) is 18.8 Å². The maximum Gasteiger partial charge on any atom is 0.350 e. The van der Waals surface area contributed by atoms with Crippen molar-refractivity contribution in [2.75, 3.05) is 185 Å². The number of para-hydroxylation sites is 4. The van der Waals surface area contributed by atoms with E-state index in [9.17, 15) is 9.59 Å². The van der Waals surface area contributed by atoms with Gasteiger partial charge in [-0.25, -0.2) is 28.9 Å². The van der Waals surface area contributed by atoms with Gasteiger partial charge in [0.15, 0.2) is 11.4 Å². The van der Waals surface area contributed by atoms with Crippen LogP contribution in [0.3, 0.4) is 0 Å². The van der Waals surface area contributed by atoms with Gasteiger partial charge in [0, 0.05) is 213 Å². The predicted octanol–water partition coefficient (Wildman–Crippen LogP) is 19.1. The monoisotopic (exact) mass is 1960 g/mol. The van der Waals surface area contributed by atoms with Gasteiger partial charge in [-0.15, -0.1) is 5.10 Å². The zero-order valence-electron chi connectivity index (χ0n) is 82.3. The Labute approximate surface area is 850 Å². The summed E-state index contributed by atoms with van der Waals surface area (Å²) >= 11 is 18.4. The van der Waals surface area contributed by atoms with Gasteiger partial charge in [-0.05, 0) is 231 Å². The highest BCUT2D eigenvalue weighted by Gasteiger charge is 2.48. The highest BCUT2D eigenvalue weighted by atomic mass is 35.5. The summed E-state index contributed by atoms with van der Waals surface area (Å²) in [5.74, 6) is 5.94. The summed E-state index contributed by atoms with van der Waals surface area (Å²) in [5, 5.41) is 17.9. The molecule has 12 heterocycles. The number of piperazine rings is 5. The first-order valence-corrected chi connectivity index (χ1v) is 52.2. The second-order valence-electron chi connectivity index (χ2n) is 38.6. The molecule has 25 rings (SSSR count). The van der Waals surface area contributed by atoms with Crippen LogP contribution in [0.2, 0.25) is 15.1 Å². The van der Waals surface area contributed by atoms with Crippen LogP contribution >= 0.6 is 34.8 Å². The fraction of sp³-hybridized carbons (Fsp3) is 0.362. The zero-order chi connectivity index (χ0) is 97.3. The van der Waals surface area contributed by atoms with E-state index in [-0.39, 0.29) is 16.8 Å². The van der Waals surface area contributed by atoms with Crippen LogP contribution in [0.15, 0.2) is 300 Å². The molecule has 14 aromatic rings. The topological polar surface area (TPSA) is 176 Å². The van der Waals surface area contributed by atoms with Crippen molar-refractivity contribution >= 4 is 74.9 Å². The van der Waals surface area contributed by atoms with E-state index in [1.54, 1.807) is 46.8 Å². The van der Waals surface area contributed by atoms with Crippen molar-refractivity contribution in [1.82, 2.24) is 68.6 Å². The van der Waals surface area contributed by atoms with Crippen LogP contribution in [0, 0.1) is 0 Å². The Morgan fingerprint density at radius 2 is 1.05 bits per heavy atom. The minimum Gasteiger partial charge on any atom is -0.492 e. The molecule has 10 aromatic carbocycles. The molecule has 3 aliphatic carbocycles. The number of likely N-dealkylation sites (N-methyl/N-ethyl adjacent to an activating group) is 2. The molecule has 26 heteroatoms. The molecule has 8 aliphatic heterocycles. The van der Waals surface area contributed by atoms with Gasteiger partial charge in [0.2, 0.25) is 0 Å². The van der Waals surface area contributed by atoms with Crippen molar-refractivity contribution in [2.45, 2.75) is 108 Å². The average molecular weight is 1960 g/mol. The third-order valence-electron chi connectivity index (χ3n) is 29.6. The van der Waals surface area contributed by atoms with Crippen molar-refractivity contribution in [3.63, 3.8) is 0 Å². The van der Waals surface area contributed by atoms with Crippen LogP contribution in [0.25, 0.3) is 5.65 Å². The lowest BCUT2D eigenvalue weighted by atomic mass is 9.54. The molecule has 5 saturated heterocycles. The standard InChI is InChI=1S/C25H32ClN5O2.C20H23N.C19H22ClN5O.C18H20N2.C17H16ClN3O.C17H19N3/c1-2-24-27-31(25(32)30(24)18-19-33-23-10-4-3-5-11-23)13-7-12-28-14-16-29(17-15-28)22-9-6-8-21(26)20-22;1-21-14-6-12-20-13-11-15(16-7-2-4-9-18(16)20)17-8-3-5-10-19(17)20;20-16-5-3-6-17(15-16)23-13-11-22(12-14-23)8-4-10-25-19(26)24-9-2-1-7-18(24)21-25;1-19-10-11-20-17-9-5-3-7-15(17)12-14-6-2-4-8-16(14)18(20)13-19;18-12-5-6-15-13(11-12)17(21-9-7-19-8-10-21)20-14-3-1-2-4-16(14)22-15;1-19-9-10-20-16(12-19)15-7-3-2-5-13(15)11-14-6-4-8-18-17(14)20/h3-6,8-11,20H,2,7,12-19H2,1H3;2-5,7-10,15,21H,6,11-14H2,1H3;1-3,5-7,9,15H,4,8,10-14H2;2-9,18H,10-13H2,1H3;1-6,11,19H,7-10H2;2-8,16H,9-12H2,1H3. The van der Waals surface area contributed by atoms with Crippen molar-refractivity contribution in [3.8, 4) is 17.2 Å². The molecule has 142 heavy (non-hydrogen) atoms. The number of aliphatic imine (C=N–C) groups is 1. The van der Waals surface area contributed by atoms with Crippen LogP contribution in [0.5, 0.6) is 17.2 Å². The largest absolute Gasteiger partial charge is 0.492 e. The number of halogens is 3. The minimum absolute atomic E-state index is 0.0470. The highest BCUT2D eigenvalue weighted by molar-refractivity contribution is 6.31. The van der Waals surface area contributed by atoms with Gasteiger partial charge >= 0.3 is 11.4 Å². The number of hydrogen-bond acceptors (Lipinski definition) is 19. The van der Waals surface area contributed by atoms with Crippen molar-refractivity contribution in [3.05, 3.63) is 388 Å². The van der Waals surface area contributed by atoms with Gasteiger partial charge in [0.25, 0.3) is 0 Å². The zero-order valence-corrected chi connectivity index (χ0v) is 84.5. The number of nitrogens with one attached hydrogen (secondary N) is 2. The molecule has 0 amide bonds. The van der Waals surface area contributed by atoms with Crippen LogP contribution in [0.1, 0.15) is 130 Å². The minimum atomic E-state index is -0.0635. The number of aryl methyl sites for hydroxylation is 3. The third kappa shape index (κ3) is 22.9. The van der Waals surface area contributed by atoms with E-state index in [0.29, 0.717) is 54.9 Å². The molecule has 0 spiro atoms. The summed E-state index contributed by atoms with van der Waals surface area (Å²) in [7, 11) is 6.50. The Morgan fingerprint density at radius 3 is 1.69 bits per heavy atom. The van der Waals surface area contributed by atoms with E-state index < -0.39 is 0 Å². The third-order valence-corrected chi connectivity index (χ3v) is 30.3. The SMILES string of the molecule is CCc1nn(CCCN2CCN(c3cccc(Cl)c3)CC2)c(=O)n1CCOc1ccccc1.CN1CCN2c3ccccc3Cc3ccccc3C2C1.CN1CCN2c3ncccc3Cc3ccccc3C2C1.CNCCCC12CCC(c3ccccc31)c1ccccc12.Clc1ccc2c(c1)C(N1CCNCC1)=Nc1ccccc1O2.O=c1n(CCCN2CCN(c3cccc(Cl)c3)CC2)nc2ccccn12. The smallest absolute Gasteiger partial charge is 0.350 e. The molecule has 2 N–H and O–H groups in total. The maximum absolute atomic E-state index is 12.9. The van der Waals surface area contributed by atoms with E-state index >= 15 is 0 Å². The second kappa shape index (κ2) is 46.8. The van der Waals surface area contributed by atoms with Crippen LogP contribution in [-0.2, 0) is 44.3 Å². The molecule has 2 unspecified atom stereocenters. The van der Waals surface area contributed by atoms with Crippen LogP contribution in [-0.4, -0.2) is 229 Å². The maximum atomic E-state index is 12.9. The molecule has 0 saturated carbocycles. The summed E-state index contributed by atoms with van der Waals surface area (Å²) in [6.45, 7) is 25.7. The summed E-state index contributed by atoms with van der Waals surface area (Å²) in [6.07, 6.45) is 13.4. The number of hydrogen-bond donors (Lipinski definition) is 2. The number of fused-ring (bicyclic) bond motifs is 14. The molecule has 4 aromatic heterocycles. The van der Waals surface area contributed by atoms with Gasteiger partial charge in [-0.2, -0.15) is 5.10 Å². The Hall–Kier alpha value is -12.4. The summed E-state index contributed by atoms with van der Waals surface area (Å²) < 4.78 is 18.3.